The number of halogens is 1. The first kappa shape index (κ1) is 25.8. The van der Waals surface area contributed by atoms with Crippen molar-refractivity contribution in [2.75, 3.05) is 32.9 Å². The number of hydrogen-bond acceptors (Lipinski definition) is 6. The van der Waals surface area contributed by atoms with Crippen molar-refractivity contribution in [3.63, 3.8) is 0 Å². The number of nitrogens with zero attached hydrogens (tertiary/aromatic N) is 2. The van der Waals surface area contributed by atoms with Crippen LogP contribution in [0.2, 0.25) is 5.02 Å². The number of nitrogens with one attached hydrogen (secondary N) is 1. The van der Waals surface area contributed by atoms with Gasteiger partial charge in [-0.25, -0.2) is 4.31 Å². The maximum atomic E-state index is 13.4. The number of rotatable bonds is 9. The van der Waals surface area contributed by atoms with Crippen LogP contribution in [0, 0.1) is 16.7 Å². The van der Waals surface area contributed by atoms with E-state index in [4.69, 9.17) is 26.3 Å². The Kier molecular flexibility index (Phi) is 8.61. The molecule has 2 saturated heterocycles. The zero-order chi connectivity index (χ0) is 24.8. The van der Waals surface area contributed by atoms with Crippen LogP contribution in [0.15, 0.2) is 47.4 Å². The normalized spacial score (nSPS) is 18.8. The van der Waals surface area contributed by atoms with Crippen molar-refractivity contribution in [1.29, 1.82) is 5.26 Å². The largest absolute Gasteiger partial charge is 0.492 e. The molecule has 4 rings (SSSR count). The highest BCUT2D eigenvalue weighted by atomic mass is 35.5. The first-order valence-corrected chi connectivity index (χ1v) is 13.3. The van der Waals surface area contributed by atoms with Crippen molar-refractivity contribution < 1.29 is 14.3 Å². The molecule has 2 aliphatic heterocycles. The Morgan fingerprint density at radius 1 is 1.29 bits per heavy atom. The highest BCUT2D eigenvalue weighted by molar-refractivity contribution is 7.97. The molecule has 0 aromatic heterocycles. The lowest BCUT2D eigenvalue weighted by atomic mass is 9.81. The minimum absolute atomic E-state index is 0.0214. The SMILES string of the molecule is CCC(C)c1ccc(SN2CC(COc3ccc(C#N)cc3)(C(=O)NC3CCOCC3)C2)c(Cl)c1. The van der Waals surface area contributed by atoms with Gasteiger partial charge in [0, 0.05) is 37.2 Å². The zero-order valence-corrected chi connectivity index (χ0v) is 21.8. The molecule has 1 atom stereocenters. The van der Waals surface area contributed by atoms with Gasteiger partial charge in [-0.1, -0.05) is 31.5 Å². The average molecular weight is 514 g/mol. The third kappa shape index (κ3) is 6.31. The number of carbonyl (C=O) groups is 1. The maximum absolute atomic E-state index is 13.4. The second-order valence-corrected chi connectivity index (χ2v) is 11.0. The molecular weight excluding hydrogens is 482 g/mol. The van der Waals surface area contributed by atoms with Crippen LogP contribution < -0.4 is 10.1 Å². The Labute approximate surface area is 217 Å². The molecule has 0 radical (unpaired) electrons. The molecule has 2 aromatic rings. The van der Waals surface area contributed by atoms with E-state index in [1.165, 1.54) is 5.56 Å². The van der Waals surface area contributed by atoms with E-state index in [0.29, 0.717) is 43.5 Å². The molecule has 6 nitrogen and oxygen atoms in total. The first-order chi connectivity index (χ1) is 16.9. The summed E-state index contributed by atoms with van der Waals surface area (Å²) in [6, 6.07) is 15.5. The van der Waals surface area contributed by atoms with Crippen molar-refractivity contribution in [3.8, 4) is 11.8 Å². The van der Waals surface area contributed by atoms with Gasteiger partial charge in [-0.05, 0) is 79.1 Å². The molecule has 1 amide bonds. The number of nitriles is 1. The van der Waals surface area contributed by atoms with E-state index in [2.05, 4.69) is 47.7 Å². The summed E-state index contributed by atoms with van der Waals surface area (Å²) in [4.78, 5) is 14.4. The van der Waals surface area contributed by atoms with Gasteiger partial charge in [-0.3, -0.25) is 4.79 Å². The Morgan fingerprint density at radius 3 is 2.63 bits per heavy atom. The molecule has 2 aromatic carbocycles. The third-order valence-electron chi connectivity index (χ3n) is 6.86. The van der Waals surface area contributed by atoms with Crippen LogP contribution in [-0.4, -0.2) is 49.2 Å². The fraction of sp³-hybridized carbons (Fsp3) is 0.481. The van der Waals surface area contributed by atoms with E-state index in [0.717, 1.165) is 29.2 Å². The lowest BCUT2D eigenvalue weighted by Gasteiger charge is -2.48. The summed E-state index contributed by atoms with van der Waals surface area (Å²) in [6.45, 7) is 7.11. The molecule has 2 fully saturated rings. The molecule has 186 valence electrons. The second kappa shape index (κ2) is 11.7. The second-order valence-electron chi connectivity index (χ2n) is 9.45. The van der Waals surface area contributed by atoms with E-state index in [9.17, 15) is 4.79 Å². The van der Waals surface area contributed by atoms with Gasteiger partial charge in [0.1, 0.15) is 17.8 Å². The van der Waals surface area contributed by atoms with Crippen LogP contribution in [0.25, 0.3) is 0 Å². The third-order valence-corrected chi connectivity index (χ3v) is 8.35. The number of amides is 1. The monoisotopic (exact) mass is 513 g/mol. The van der Waals surface area contributed by atoms with Crippen LogP contribution in [0.4, 0.5) is 0 Å². The highest BCUT2D eigenvalue weighted by Gasteiger charge is 2.51. The van der Waals surface area contributed by atoms with Gasteiger partial charge in [0.2, 0.25) is 5.91 Å². The number of ether oxygens (including phenoxy) is 2. The molecule has 2 heterocycles. The quantitative estimate of drug-likeness (QED) is 0.452. The molecular formula is C27H32ClN3O3S. The van der Waals surface area contributed by atoms with Crippen molar-refractivity contribution in [2.24, 2.45) is 5.41 Å². The Hall–Kier alpha value is -2.24. The van der Waals surface area contributed by atoms with Crippen molar-refractivity contribution in [2.45, 2.75) is 50.0 Å². The van der Waals surface area contributed by atoms with Gasteiger partial charge >= 0.3 is 0 Å². The minimum atomic E-state index is -0.650. The van der Waals surface area contributed by atoms with E-state index >= 15 is 0 Å². The summed E-state index contributed by atoms with van der Waals surface area (Å²) in [6.07, 6.45) is 2.72. The summed E-state index contributed by atoms with van der Waals surface area (Å²) >= 11 is 8.18. The zero-order valence-electron chi connectivity index (χ0n) is 20.3. The molecule has 1 unspecified atom stereocenters. The van der Waals surface area contributed by atoms with Crippen LogP contribution in [0.3, 0.4) is 0 Å². The van der Waals surface area contributed by atoms with Gasteiger partial charge in [0.25, 0.3) is 0 Å². The van der Waals surface area contributed by atoms with Crippen LogP contribution in [0.1, 0.15) is 50.2 Å². The van der Waals surface area contributed by atoms with E-state index in [-0.39, 0.29) is 18.6 Å². The van der Waals surface area contributed by atoms with E-state index in [1.807, 2.05) is 0 Å². The Balaban J connectivity index is 1.42. The molecule has 0 saturated carbocycles. The highest BCUT2D eigenvalue weighted by Crippen LogP contribution is 2.42. The molecule has 0 spiro atoms. The Bertz CT molecular complexity index is 1060. The van der Waals surface area contributed by atoms with Crippen molar-refractivity contribution in [3.05, 3.63) is 58.6 Å². The number of hydrogen-bond donors (Lipinski definition) is 1. The van der Waals surface area contributed by atoms with E-state index in [1.54, 1.807) is 36.2 Å². The first-order valence-electron chi connectivity index (χ1n) is 12.2. The fourth-order valence-electron chi connectivity index (χ4n) is 4.29. The number of benzene rings is 2. The van der Waals surface area contributed by atoms with E-state index < -0.39 is 5.41 Å². The topological polar surface area (TPSA) is 74.6 Å². The summed E-state index contributed by atoms with van der Waals surface area (Å²) in [5, 5.41) is 13.0. The predicted molar refractivity (Wildman–Crippen MR) is 139 cm³/mol. The summed E-state index contributed by atoms with van der Waals surface area (Å²) in [7, 11) is 0. The van der Waals surface area contributed by atoms with Crippen LogP contribution in [-0.2, 0) is 9.53 Å². The molecule has 2 aliphatic rings. The smallest absolute Gasteiger partial charge is 0.232 e. The summed E-state index contributed by atoms with van der Waals surface area (Å²) in [5.41, 5.74) is 1.17. The van der Waals surface area contributed by atoms with Crippen molar-refractivity contribution >= 4 is 29.5 Å². The fourth-order valence-corrected chi connectivity index (χ4v) is 5.76. The lowest BCUT2D eigenvalue weighted by molar-refractivity contribution is -0.141. The van der Waals surface area contributed by atoms with Gasteiger partial charge in [0.05, 0.1) is 16.7 Å². The molecule has 1 N–H and O–H groups in total. The van der Waals surface area contributed by atoms with Gasteiger partial charge in [0.15, 0.2) is 0 Å². The van der Waals surface area contributed by atoms with Crippen LogP contribution >= 0.6 is 23.5 Å². The maximum Gasteiger partial charge on any atom is 0.232 e. The number of carbonyl (C=O) groups excluding carboxylic acids is 1. The molecule has 0 aliphatic carbocycles. The van der Waals surface area contributed by atoms with Gasteiger partial charge in [-0.2, -0.15) is 5.26 Å². The predicted octanol–water partition coefficient (Wildman–Crippen LogP) is 5.41. The van der Waals surface area contributed by atoms with Crippen LogP contribution in [0.5, 0.6) is 5.75 Å². The van der Waals surface area contributed by atoms with Gasteiger partial charge < -0.3 is 14.8 Å². The average Bonchev–Trinajstić information content (AvgIpc) is 2.86. The van der Waals surface area contributed by atoms with Crippen molar-refractivity contribution in [1.82, 2.24) is 9.62 Å². The molecule has 8 heteroatoms. The Morgan fingerprint density at radius 2 is 2.00 bits per heavy atom. The molecule has 35 heavy (non-hydrogen) atoms. The van der Waals surface area contributed by atoms with Gasteiger partial charge in [-0.15, -0.1) is 0 Å². The minimum Gasteiger partial charge on any atom is -0.492 e. The lowest BCUT2D eigenvalue weighted by Crippen LogP contribution is -2.64. The standard InChI is InChI=1S/C27H32ClN3O3S/c1-3-19(2)21-6-9-25(24(28)14-21)35-31-16-27(17-31,26(32)30-22-10-12-33-13-11-22)18-34-23-7-4-20(15-29)5-8-23/h4-9,14,19,22H,3,10-13,16-18H2,1-2H3,(H,30,32). The summed E-state index contributed by atoms with van der Waals surface area (Å²) < 4.78 is 13.6. The summed E-state index contributed by atoms with van der Waals surface area (Å²) in [5.74, 6) is 1.14. The molecule has 0 bridgehead atoms.